The van der Waals surface area contributed by atoms with Gasteiger partial charge in [0.05, 0.1) is 6.10 Å². The van der Waals surface area contributed by atoms with E-state index < -0.39 is 0 Å². The largest absolute Gasteiger partial charge is 0.508 e. The molecule has 0 aromatic heterocycles. The maximum absolute atomic E-state index is 9.58. The number of halogens is 1. The lowest BCUT2D eigenvalue weighted by atomic mass is 10.2. The smallest absolute Gasteiger partial charge is 0.138 e. The van der Waals surface area contributed by atoms with Crippen molar-refractivity contribution in [3.63, 3.8) is 0 Å². The van der Waals surface area contributed by atoms with Crippen LogP contribution in [-0.4, -0.2) is 23.6 Å². The number of phenols is 1. The number of benzene rings is 1. The van der Waals surface area contributed by atoms with E-state index >= 15 is 0 Å². The Bertz CT molecular complexity index is 319. The first-order valence-electron chi connectivity index (χ1n) is 4.54. The standard InChI is InChI=1S/C10H12ClNO2/c11-5-7-6-12-10(14-7)8-3-1-2-4-9(8)13/h1-4,7,10,12-13H,5-6H2. The second-order valence-corrected chi connectivity index (χ2v) is 3.57. The molecule has 0 bridgehead atoms. The summed E-state index contributed by atoms with van der Waals surface area (Å²) in [6.45, 7) is 0.725. The van der Waals surface area contributed by atoms with Crippen molar-refractivity contribution >= 4 is 11.6 Å². The minimum Gasteiger partial charge on any atom is -0.508 e. The molecular weight excluding hydrogens is 202 g/mol. The van der Waals surface area contributed by atoms with Gasteiger partial charge >= 0.3 is 0 Å². The van der Waals surface area contributed by atoms with Crippen LogP contribution in [0, 0.1) is 0 Å². The third-order valence-electron chi connectivity index (χ3n) is 2.25. The molecule has 2 rings (SSSR count). The molecule has 76 valence electrons. The van der Waals surface area contributed by atoms with E-state index in [9.17, 15) is 5.11 Å². The Morgan fingerprint density at radius 1 is 1.50 bits per heavy atom. The fourth-order valence-electron chi connectivity index (χ4n) is 1.51. The molecule has 3 nitrogen and oxygen atoms in total. The number of aromatic hydroxyl groups is 1. The molecular formula is C10H12ClNO2. The number of rotatable bonds is 2. The highest BCUT2D eigenvalue weighted by Gasteiger charge is 2.26. The van der Waals surface area contributed by atoms with Crippen LogP contribution in [0.25, 0.3) is 0 Å². The Morgan fingerprint density at radius 2 is 2.29 bits per heavy atom. The molecule has 1 aliphatic heterocycles. The summed E-state index contributed by atoms with van der Waals surface area (Å²) in [5, 5.41) is 12.7. The first-order valence-corrected chi connectivity index (χ1v) is 5.07. The van der Waals surface area contributed by atoms with E-state index in [0.29, 0.717) is 5.88 Å². The van der Waals surface area contributed by atoms with Crippen LogP contribution in [0.15, 0.2) is 24.3 Å². The Morgan fingerprint density at radius 3 is 2.93 bits per heavy atom. The zero-order chi connectivity index (χ0) is 9.97. The third-order valence-corrected chi connectivity index (χ3v) is 2.59. The molecule has 2 unspecified atom stereocenters. The van der Waals surface area contributed by atoms with E-state index in [1.807, 2.05) is 12.1 Å². The van der Waals surface area contributed by atoms with Crippen LogP contribution < -0.4 is 5.32 Å². The van der Waals surface area contributed by atoms with Gasteiger partial charge in [0, 0.05) is 18.0 Å². The summed E-state index contributed by atoms with van der Waals surface area (Å²) >= 11 is 5.67. The van der Waals surface area contributed by atoms with E-state index in [-0.39, 0.29) is 18.1 Å². The van der Waals surface area contributed by atoms with Crippen molar-refractivity contribution in [3.05, 3.63) is 29.8 Å². The highest BCUT2D eigenvalue weighted by molar-refractivity contribution is 6.18. The van der Waals surface area contributed by atoms with E-state index in [1.165, 1.54) is 0 Å². The highest BCUT2D eigenvalue weighted by Crippen LogP contribution is 2.28. The highest BCUT2D eigenvalue weighted by atomic mass is 35.5. The molecule has 14 heavy (non-hydrogen) atoms. The first-order chi connectivity index (χ1) is 6.81. The zero-order valence-electron chi connectivity index (χ0n) is 7.61. The fourth-order valence-corrected chi connectivity index (χ4v) is 1.69. The quantitative estimate of drug-likeness (QED) is 0.734. The van der Waals surface area contributed by atoms with Crippen LogP contribution in [-0.2, 0) is 4.74 Å². The molecule has 0 aliphatic carbocycles. The predicted molar refractivity (Wildman–Crippen MR) is 54.4 cm³/mol. The number of hydrogen-bond acceptors (Lipinski definition) is 3. The Kier molecular flexibility index (Phi) is 2.91. The molecule has 1 aromatic rings. The topological polar surface area (TPSA) is 41.5 Å². The van der Waals surface area contributed by atoms with Crippen molar-refractivity contribution in [2.45, 2.75) is 12.3 Å². The van der Waals surface area contributed by atoms with Crippen LogP contribution in [0.5, 0.6) is 5.75 Å². The Labute approximate surface area is 87.6 Å². The summed E-state index contributed by atoms with van der Waals surface area (Å²) in [5.74, 6) is 0.720. The van der Waals surface area contributed by atoms with Gasteiger partial charge in [0.2, 0.25) is 0 Å². The van der Waals surface area contributed by atoms with Gasteiger partial charge in [-0.15, -0.1) is 11.6 Å². The Hall–Kier alpha value is -0.770. The normalized spacial score (nSPS) is 26.6. The molecule has 2 N–H and O–H groups in total. The van der Waals surface area contributed by atoms with Crippen LogP contribution in [0.2, 0.25) is 0 Å². The van der Waals surface area contributed by atoms with Crippen molar-refractivity contribution in [3.8, 4) is 5.75 Å². The number of ether oxygens (including phenoxy) is 1. The van der Waals surface area contributed by atoms with Gasteiger partial charge in [0.15, 0.2) is 0 Å². The molecule has 1 heterocycles. The summed E-state index contributed by atoms with van der Waals surface area (Å²) in [6.07, 6.45) is -0.207. The van der Waals surface area contributed by atoms with Crippen molar-refractivity contribution in [2.24, 2.45) is 0 Å². The molecule has 0 radical (unpaired) electrons. The summed E-state index contributed by atoms with van der Waals surface area (Å²) in [4.78, 5) is 0. The zero-order valence-corrected chi connectivity index (χ0v) is 8.37. The second-order valence-electron chi connectivity index (χ2n) is 3.26. The van der Waals surface area contributed by atoms with Gasteiger partial charge in [-0.2, -0.15) is 0 Å². The minimum atomic E-state index is -0.236. The SMILES string of the molecule is Oc1ccccc1C1NCC(CCl)O1. The summed E-state index contributed by atoms with van der Waals surface area (Å²) in [6, 6.07) is 7.14. The summed E-state index contributed by atoms with van der Waals surface area (Å²) < 4.78 is 5.57. The fraction of sp³-hybridized carbons (Fsp3) is 0.400. The van der Waals surface area contributed by atoms with Gasteiger partial charge in [-0.3, -0.25) is 5.32 Å². The van der Waals surface area contributed by atoms with Gasteiger partial charge in [0.1, 0.15) is 12.0 Å². The number of nitrogens with one attached hydrogen (secondary N) is 1. The third kappa shape index (κ3) is 1.85. The molecule has 0 saturated carbocycles. The molecule has 1 saturated heterocycles. The van der Waals surface area contributed by atoms with E-state index in [2.05, 4.69) is 5.32 Å². The molecule has 0 amide bonds. The first kappa shape index (κ1) is 9.77. The lowest BCUT2D eigenvalue weighted by molar-refractivity contribution is 0.0513. The van der Waals surface area contributed by atoms with Crippen molar-refractivity contribution in [1.29, 1.82) is 0 Å². The number of hydrogen-bond donors (Lipinski definition) is 2. The predicted octanol–water partition coefficient (Wildman–Crippen LogP) is 1.62. The average Bonchev–Trinajstić information content (AvgIpc) is 2.67. The molecule has 1 aliphatic rings. The van der Waals surface area contributed by atoms with Gasteiger partial charge in [-0.25, -0.2) is 0 Å². The van der Waals surface area contributed by atoms with E-state index in [0.717, 1.165) is 12.1 Å². The monoisotopic (exact) mass is 213 g/mol. The summed E-state index contributed by atoms with van der Waals surface area (Å²) in [5.41, 5.74) is 0.764. The van der Waals surface area contributed by atoms with Gasteiger partial charge in [0.25, 0.3) is 0 Å². The second kappa shape index (κ2) is 4.17. The molecule has 1 fully saturated rings. The van der Waals surface area contributed by atoms with Crippen LogP contribution in [0.3, 0.4) is 0 Å². The van der Waals surface area contributed by atoms with Crippen molar-refractivity contribution in [1.82, 2.24) is 5.32 Å². The molecule has 2 atom stereocenters. The molecule has 0 spiro atoms. The number of alkyl halides is 1. The Balaban J connectivity index is 2.13. The van der Waals surface area contributed by atoms with Crippen LogP contribution in [0.4, 0.5) is 0 Å². The lowest BCUT2D eigenvalue weighted by Crippen LogP contribution is -2.15. The maximum Gasteiger partial charge on any atom is 0.138 e. The minimum absolute atomic E-state index is 0.0290. The number of phenolic OH excluding ortho intramolecular Hbond substituents is 1. The lowest BCUT2D eigenvalue weighted by Gasteiger charge is -2.12. The van der Waals surface area contributed by atoms with Crippen LogP contribution in [0.1, 0.15) is 11.8 Å². The number of para-hydroxylation sites is 1. The summed E-state index contributed by atoms with van der Waals surface area (Å²) in [7, 11) is 0. The van der Waals surface area contributed by atoms with Crippen molar-refractivity contribution < 1.29 is 9.84 Å². The molecule has 1 aromatic carbocycles. The maximum atomic E-state index is 9.58. The van der Waals surface area contributed by atoms with E-state index in [4.69, 9.17) is 16.3 Å². The van der Waals surface area contributed by atoms with Gasteiger partial charge in [-0.05, 0) is 6.07 Å². The van der Waals surface area contributed by atoms with Crippen molar-refractivity contribution in [2.75, 3.05) is 12.4 Å². The average molecular weight is 214 g/mol. The van der Waals surface area contributed by atoms with E-state index in [1.54, 1.807) is 12.1 Å². The molecule has 4 heteroatoms. The van der Waals surface area contributed by atoms with Gasteiger partial charge in [-0.1, -0.05) is 18.2 Å². The van der Waals surface area contributed by atoms with Crippen LogP contribution >= 0.6 is 11.6 Å². The van der Waals surface area contributed by atoms with Gasteiger partial charge < -0.3 is 9.84 Å².